The second-order valence-electron chi connectivity index (χ2n) is 4.87. The van der Waals surface area contributed by atoms with Crippen LogP contribution in [0.4, 0.5) is 0 Å². The van der Waals surface area contributed by atoms with Gasteiger partial charge in [0.2, 0.25) is 0 Å². The molecule has 0 aliphatic rings. The van der Waals surface area contributed by atoms with E-state index < -0.39 is 5.97 Å². The molecule has 0 radical (unpaired) electrons. The minimum atomic E-state index is -0.857. The number of rotatable bonds is 8. The largest absolute Gasteiger partial charge is 0.484 e. The van der Waals surface area contributed by atoms with E-state index in [1.165, 1.54) is 0 Å². The monoisotopic (exact) mass is 313 g/mol. The van der Waals surface area contributed by atoms with Crippen molar-refractivity contribution in [3.63, 3.8) is 0 Å². The van der Waals surface area contributed by atoms with Crippen LogP contribution in [0.2, 0.25) is 5.02 Å². The molecule has 0 saturated heterocycles. The molecule has 0 bridgehead atoms. The first-order valence-corrected chi connectivity index (χ1v) is 7.17. The van der Waals surface area contributed by atoms with Crippen LogP contribution in [0.3, 0.4) is 0 Å². The Morgan fingerprint density at radius 1 is 1.43 bits per heavy atom. The highest BCUT2D eigenvalue weighted by molar-refractivity contribution is 6.30. The first-order valence-electron chi connectivity index (χ1n) is 6.79. The number of nitrogens with one attached hydrogen (secondary N) is 1. The molecule has 0 spiro atoms. The fraction of sp³-hybridized carbons (Fsp3) is 0.467. The summed E-state index contributed by atoms with van der Waals surface area (Å²) in [6.07, 6.45) is 0.748. The van der Waals surface area contributed by atoms with E-state index in [1.807, 2.05) is 13.8 Å². The third kappa shape index (κ3) is 6.49. The van der Waals surface area contributed by atoms with Gasteiger partial charge in [-0.3, -0.25) is 9.59 Å². The Kier molecular flexibility index (Phi) is 7.02. The number of aryl methyl sites for hydroxylation is 1. The molecule has 116 valence electrons. The molecule has 21 heavy (non-hydrogen) atoms. The highest BCUT2D eigenvalue weighted by Crippen LogP contribution is 2.21. The van der Waals surface area contributed by atoms with Crippen LogP contribution in [0.1, 0.15) is 25.3 Å². The average molecular weight is 314 g/mol. The number of ether oxygens (including phenoxy) is 1. The number of amides is 1. The minimum Gasteiger partial charge on any atom is -0.484 e. The van der Waals surface area contributed by atoms with Gasteiger partial charge in [-0.15, -0.1) is 0 Å². The van der Waals surface area contributed by atoms with Crippen LogP contribution in [0.15, 0.2) is 18.2 Å². The Hall–Kier alpha value is -1.75. The molecule has 0 aliphatic heterocycles. The molecule has 0 heterocycles. The smallest absolute Gasteiger partial charge is 0.303 e. The molecule has 1 amide bonds. The molecule has 1 rings (SSSR count). The number of aliphatic carboxylic acids is 1. The van der Waals surface area contributed by atoms with Gasteiger partial charge in [0, 0.05) is 18.0 Å². The Labute approximate surface area is 129 Å². The number of carboxylic acids is 1. The third-order valence-electron chi connectivity index (χ3n) is 3.12. The van der Waals surface area contributed by atoms with Crippen molar-refractivity contribution in [1.82, 2.24) is 5.32 Å². The van der Waals surface area contributed by atoms with E-state index in [9.17, 15) is 9.59 Å². The van der Waals surface area contributed by atoms with Crippen LogP contribution in [0, 0.1) is 12.8 Å². The molecule has 1 atom stereocenters. The SMILES string of the molecule is CCC(CNC(=O)COc1ccc(Cl)cc1C)CC(=O)O. The lowest BCUT2D eigenvalue weighted by Crippen LogP contribution is -2.33. The van der Waals surface area contributed by atoms with Crippen molar-refractivity contribution in [2.75, 3.05) is 13.2 Å². The van der Waals surface area contributed by atoms with Crippen molar-refractivity contribution in [3.05, 3.63) is 28.8 Å². The van der Waals surface area contributed by atoms with Crippen LogP contribution in [-0.4, -0.2) is 30.1 Å². The fourth-order valence-corrected chi connectivity index (χ4v) is 2.06. The maximum Gasteiger partial charge on any atom is 0.303 e. The predicted octanol–water partition coefficient (Wildman–Crippen LogP) is 2.64. The van der Waals surface area contributed by atoms with E-state index in [-0.39, 0.29) is 24.9 Å². The number of hydrogen-bond donors (Lipinski definition) is 2. The van der Waals surface area contributed by atoms with Crippen LogP contribution >= 0.6 is 11.6 Å². The minimum absolute atomic E-state index is 0.0495. The molecule has 1 unspecified atom stereocenters. The van der Waals surface area contributed by atoms with Crippen LogP contribution in [0.25, 0.3) is 0 Å². The Morgan fingerprint density at radius 2 is 2.14 bits per heavy atom. The van der Waals surface area contributed by atoms with Gasteiger partial charge in [0.25, 0.3) is 5.91 Å². The van der Waals surface area contributed by atoms with Gasteiger partial charge in [-0.25, -0.2) is 0 Å². The van der Waals surface area contributed by atoms with Crippen molar-refractivity contribution < 1.29 is 19.4 Å². The molecule has 0 saturated carbocycles. The van der Waals surface area contributed by atoms with E-state index >= 15 is 0 Å². The van der Waals surface area contributed by atoms with Gasteiger partial charge in [0.1, 0.15) is 5.75 Å². The Balaban J connectivity index is 2.38. The number of benzene rings is 1. The van der Waals surface area contributed by atoms with Gasteiger partial charge in [-0.05, 0) is 36.6 Å². The van der Waals surface area contributed by atoms with Crippen LogP contribution < -0.4 is 10.1 Å². The third-order valence-corrected chi connectivity index (χ3v) is 3.36. The molecule has 0 aliphatic carbocycles. The van der Waals surface area contributed by atoms with Crippen LogP contribution in [-0.2, 0) is 9.59 Å². The van der Waals surface area contributed by atoms with Gasteiger partial charge in [-0.1, -0.05) is 24.9 Å². The average Bonchev–Trinajstić information content (AvgIpc) is 2.42. The summed E-state index contributed by atoms with van der Waals surface area (Å²) in [6, 6.07) is 5.17. The standard InChI is InChI=1S/C15H20ClNO4/c1-3-11(7-15(19)20)8-17-14(18)9-21-13-5-4-12(16)6-10(13)2/h4-6,11H,3,7-9H2,1-2H3,(H,17,18)(H,19,20). The van der Waals surface area contributed by atoms with Gasteiger partial charge in [-0.2, -0.15) is 0 Å². The maximum atomic E-state index is 11.7. The first-order chi connectivity index (χ1) is 9.92. The zero-order valence-electron chi connectivity index (χ0n) is 12.2. The normalized spacial score (nSPS) is 11.8. The number of hydrogen-bond acceptors (Lipinski definition) is 3. The summed E-state index contributed by atoms with van der Waals surface area (Å²) in [7, 11) is 0. The summed E-state index contributed by atoms with van der Waals surface area (Å²) >= 11 is 5.84. The predicted molar refractivity (Wildman–Crippen MR) is 80.7 cm³/mol. The maximum absolute atomic E-state index is 11.7. The van der Waals surface area contributed by atoms with Crippen molar-refractivity contribution >= 4 is 23.5 Å². The summed E-state index contributed by atoms with van der Waals surface area (Å²) in [5.41, 5.74) is 0.854. The number of carboxylic acid groups (broad SMARTS) is 1. The van der Waals surface area contributed by atoms with Gasteiger partial charge >= 0.3 is 5.97 Å². The lowest BCUT2D eigenvalue weighted by Gasteiger charge is -2.14. The van der Waals surface area contributed by atoms with E-state index in [0.717, 1.165) is 5.56 Å². The Morgan fingerprint density at radius 3 is 2.71 bits per heavy atom. The number of carbonyl (C=O) groups is 2. The van der Waals surface area contributed by atoms with E-state index in [1.54, 1.807) is 18.2 Å². The van der Waals surface area contributed by atoms with Gasteiger partial charge < -0.3 is 15.2 Å². The van der Waals surface area contributed by atoms with Crippen molar-refractivity contribution in [2.45, 2.75) is 26.7 Å². The van der Waals surface area contributed by atoms with Gasteiger partial charge in [0.05, 0.1) is 0 Å². The second-order valence-corrected chi connectivity index (χ2v) is 5.31. The number of carbonyl (C=O) groups excluding carboxylic acids is 1. The van der Waals surface area contributed by atoms with Crippen molar-refractivity contribution in [2.24, 2.45) is 5.92 Å². The van der Waals surface area contributed by atoms with Crippen LogP contribution in [0.5, 0.6) is 5.75 Å². The summed E-state index contributed by atoms with van der Waals surface area (Å²) in [6.45, 7) is 3.98. The quantitative estimate of drug-likeness (QED) is 0.773. The molecular weight excluding hydrogens is 294 g/mol. The fourth-order valence-electron chi connectivity index (χ4n) is 1.84. The molecule has 0 fully saturated rings. The summed E-state index contributed by atoms with van der Waals surface area (Å²) in [4.78, 5) is 22.3. The highest BCUT2D eigenvalue weighted by atomic mass is 35.5. The summed E-state index contributed by atoms with van der Waals surface area (Å²) in [5, 5.41) is 12.0. The van der Waals surface area contributed by atoms with E-state index in [0.29, 0.717) is 23.7 Å². The second kappa shape index (κ2) is 8.52. The highest BCUT2D eigenvalue weighted by Gasteiger charge is 2.13. The molecule has 1 aromatic carbocycles. The van der Waals surface area contributed by atoms with Crippen molar-refractivity contribution in [1.29, 1.82) is 0 Å². The number of halogens is 1. The first kappa shape index (κ1) is 17.3. The zero-order chi connectivity index (χ0) is 15.8. The van der Waals surface area contributed by atoms with E-state index in [2.05, 4.69) is 5.32 Å². The summed E-state index contributed by atoms with van der Waals surface area (Å²) in [5.74, 6) is -0.590. The molecule has 1 aromatic rings. The topological polar surface area (TPSA) is 75.6 Å². The Bertz CT molecular complexity index is 504. The van der Waals surface area contributed by atoms with Crippen molar-refractivity contribution in [3.8, 4) is 5.75 Å². The lowest BCUT2D eigenvalue weighted by atomic mass is 10.0. The van der Waals surface area contributed by atoms with Gasteiger partial charge in [0.15, 0.2) is 6.61 Å². The molecule has 0 aromatic heterocycles. The molecule has 2 N–H and O–H groups in total. The zero-order valence-corrected chi connectivity index (χ0v) is 12.9. The molecule has 5 nitrogen and oxygen atoms in total. The molecular formula is C15H20ClNO4. The lowest BCUT2D eigenvalue weighted by molar-refractivity contribution is -0.138. The molecule has 6 heteroatoms. The van der Waals surface area contributed by atoms with E-state index in [4.69, 9.17) is 21.4 Å². The summed E-state index contributed by atoms with van der Waals surface area (Å²) < 4.78 is 5.41.